The largest absolute Gasteiger partial charge is 0.373 e. The van der Waals surface area contributed by atoms with Crippen LogP contribution < -0.4 is 5.32 Å². The molecule has 0 spiro atoms. The number of pyridine rings is 1. The van der Waals surface area contributed by atoms with Gasteiger partial charge in [0, 0.05) is 26.3 Å². The maximum atomic E-state index is 12.3. The third kappa shape index (κ3) is 3.00. The number of nitrogens with zero attached hydrogens (tertiary/aromatic N) is 2. The average molecular weight is 247 g/mol. The monoisotopic (exact) mass is 247 g/mol. The molecule has 1 aromatic rings. The predicted octanol–water partition coefficient (Wildman–Crippen LogP) is 2.39. The first-order chi connectivity index (χ1) is 8.70. The quantitative estimate of drug-likeness (QED) is 0.872. The Hall–Kier alpha value is -1.58. The number of carbonyl (C=O) groups is 1. The van der Waals surface area contributed by atoms with Crippen molar-refractivity contribution in [3.05, 3.63) is 23.9 Å². The lowest BCUT2D eigenvalue weighted by atomic mass is 10.0. The second kappa shape index (κ2) is 5.85. The number of hydrogen-bond acceptors (Lipinski definition) is 3. The van der Waals surface area contributed by atoms with Crippen LogP contribution in [0.1, 0.15) is 36.5 Å². The normalized spacial score (nSPS) is 20.3. The van der Waals surface area contributed by atoms with Crippen molar-refractivity contribution in [2.24, 2.45) is 5.92 Å². The fourth-order valence-electron chi connectivity index (χ4n) is 2.32. The van der Waals surface area contributed by atoms with E-state index in [1.54, 1.807) is 6.20 Å². The maximum Gasteiger partial charge on any atom is 0.255 e. The Labute approximate surface area is 108 Å². The molecule has 1 fully saturated rings. The minimum Gasteiger partial charge on any atom is -0.373 e. The van der Waals surface area contributed by atoms with Crippen LogP contribution in [0.5, 0.6) is 0 Å². The first-order valence-electron chi connectivity index (χ1n) is 6.64. The molecule has 18 heavy (non-hydrogen) atoms. The highest BCUT2D eigenvalue weighted by Gasteiger charge is 2.19. The molecule has 0 bridgehead atoms. The fraction of sp³-hybridized carbons (Fsp3) is 0.571. The molecular formula is C14H21N3O. The van der Waals surface area contributed by atoms with Gasteiger partial charge in [-0.05, 0) is 37.3 Å². The SMILES string of the molecule is CNc1ccc(C(=O)N2CCCC(C)CC2)cn1. The summed E-state index contributed by atoms with van der Waals surface area (Å²) in [6, 6.07) is 3.68. The second-order valence-corrected chi connectivity index (χ2v) is 5.01. The van der Waals surface area contributed by atoms with E-state index in [4.69, 9.17) is 0 Å². The molecule has 1 aliphatic heterocycles. The Balaban J connectivity index is 2.05. The van der Waals surface area contributed by atoms with Crippen LogP contribution in [0.25, 0.3) is 0 Å². The van der Waals surface area contributed by atoms with Gasteiger partial charge in [0.1, 0.15) is 5.82 Å². The Kier molecular flexibility index (Phi) is 4.18. The van der Waals surface area contributed by atoms with Gasteiger partial charge in [0.2, 0.25) is 0 Å². The van der Waals surface area contributed by atoms with Crippen molar-refractivity contribution in [1.29, 1.82) is 0 Å². The van der Waals surface area contributed by atoms with E-state index in [9.17, 15) is 4.79 Å². The molecule has 4 heteroatoms. The van der Waals surface area contributed by atoms with E-state index in [-0.39, 0.29) is 5.91 Å². The van der Waals surface area contributed by atoms with Crippen molar-refractivity contribution in [1.82, 2.24) is 9.88 Å². The van der Waals surface area contributed by atoms with E-state index in [1.807, 2.05) is 24.1 Å². The molecule has 0 aliphatic carbocycles. The molecule has 1 N–H and O–H groups in total. The molecule has 1 atom stereocenters. The van der Waals surface area contributed by atoms with Gasteiger partial charge >= 0.3 is 0 Å². The lowest BCUT2D eigenvalue weighted by Crippen LogP contribution is -2.32. The van der Waals surface area contributed by atoms with Crippen LogP contribution in [-0.2, 0) is 0 Å². The number of anilines is 1. The van der Waals surface area contributed by atoms with Gasteiger partial charge in [0.05, 0.1) is 5.56 Å². The van der Waals surface area contributed by atoms with Gasteiger partial charge in [-0.2, -0.15) is 0 Å². The number of nitrogens with one attached hydrogen (secondary N) is 1. The minimum atomic E-state index is 0.110. The smallest absolute Gasteiger partial charge is 0.255 e. The van der Waals surface area contributed by atoms with E-state index in [2.05, 4.69) is 17.2 Å². The zero-order valence-electron chi connectivity index (χ0n) is 11.1. The molecule has 4 nitrogen and oxygen atoms in total. The van der Waals surface area contributed by atoms with E-state index in [0.29, 0.717) is 5.56 Å². The standard InChI is InChI=1S/C14H21N3O/c1-11-4-3-8-17(9-7-11)14(18)12-5-6-13(15-2)16-10-12/h5-6,10-11H,3-4,7-9H2,1-2H3,(H,15,16). The lowest BCUT2D eigenvalue weighted by Gasteiger charge is -2.20. The van der Waals surface area contributed by atoms with E-state index in [1.165, 1.54) is 6.42 Å². The lowest BCUT2D eigenvalue weighted by molar-refractivity contribution is 0.0760. The zero-order valence-corrected chi connectivity index (χ0v) is 11.1. The predicted molar refractivity (Wildman–Crippen MR) is 72.7 cm³/mol. The van der Waals surface area contributed by atoms with Gasteiger partial charge in [-0.25, -0.2) is 4.98 Å². The summed E-state index contributed by atoms with van der Waals surface area (Å²) in [4.78, 5) is 18.5. The molecule has 1 aromatic heterocycles. The summed E-state index contributed by atoms with van der Waals surface area (Å²) in [5.41, 5.74) is 0.684. The fourth-order valence-corrected chi connectivity index (χ4v) is 2.32. The van der Waals surface area contributed by atoms with E-state index >= 15 is 0 Å². The maximum absolute atomic E-state index is 12.3. The first kappa shape index (κ1) is 12.9. The van der Waals surface area contributed by atoms with E-state index < -0.39 is 0 Å². The average Bonchev–Trinajstić information content (AvgIpc) is 2.63. The van der Waals surface area contributed by atoms with E-state index in [0.717, 1.165) is 37.7 Å². The molecule has 1 saturated heterocycles. The first-order valence-corrected chi connectivity index (χ1v) is 6.64. The Morgan fingerprint density at radius 3 is 2.89 bits per heavy atom. The highest BCUT2D eigenvalue weighted by molar-refractivity contribution is 5.94. The van der Waals surface area contributed by atoms with Crippen LogP contribution in [0.2, 0.25) is 0 Å². The number of hydrogen-bond donors (Lipinski definition) is 1. The number of rotatable bonds is 2. The Morgan fingerprint density at radius 1 is 1.39 bits per heavy atom. The van der Waals surface area contributed by atoms with Crippen LogP contribution in [0.15, 0.2) is 18.3 Å². The van der Waals surface area contributed by atoms with Crippen molar-refractivity contribution in [2.75, 3.05) is 25.5 Å². The molecule has 2 rings (SSSR count). The van der Waals surface area contributed by atoms with Gasteiger partial charge in [-0.15, -0.1) is 0 Å². The van der Waals surface area contributed by atoms with Crippen molar-refractivity contribution < 1.29 is 4.79 Å². The zero-order chi connectivity index (χ0) is 13.0. The van der Waals surface area contributed by atoms with Gasteiger partial charge in [-0.3, -0.25) is 4.79 Å². The molecule has 0 aromatic carbocycles. The molecule has 1 unspecified atom stereocenters. The van der Waals surface area contributed by atoms with Crippen molar-refractivity contribution >= 4 is 11.7 Å². The van der Waals surface area contributed by atoms with Crippen molar-refractivity contribution in [3.8, 4) is 0 Å². The number of carbonyl (C=O) groups excluding carboxylic acids is 1. The van der Waals surface area contributed by atoms with Crippen molar-refractivity contribution in [3.63, 3.8) is 0 Å². The molecule has 98 valence electrons. The Bertz CT molecular complexity index is 402. The van der Waals surface area contributed by atoms with Crippen LogP contribution in [0.4, 0.5) is 5.82 Å². The van der Waals surface area contributed by atoms with Gasteiger partial charge in [0.15, 0.2) is 0 Å². The summed E-state index contributed by atoms with van der Waals surface area (Å²) < 4.78 is 0. The summed E-state index contributed by atoms with van der Waals surface area (Å²) >= 11 is 0. The van der Waals surface area contributed by atoms with Crippen LogP contribution in [0.3, 0.4) is 0 Å². The third-order valence-electron chi connectivity index (χ3n) is 3.57. The van der Waals surface area contributed by atoms with Crippen molar-refractivity contribution in [2.45, 2.75) is 26.2 Å². The van der Waals surface area contributed by atoms with Crippen LogP contribution in [-0.4, -0.2) is 35.9 Å². The third-order valence-corrected chi connectivity index (χ3v) is 3.57. The summed E-state index contributed by atoms with van der Waals surface area (Å²) in [7, 11) is 1.82. The van der Waals surface area contributed by atoms with Gasteiger partial charge in [-0.1, -0.05) is 6.92 Å². The summed E-state index contributed by atoms with van der Waals surface area (Å²) in [5.74, 6) is 1.63. The summed E-state index contributed by atoms with van der Waals surface area (Å²) in [5, 5.41) is 2.95. The number of likely N-dealkylation sites (tertiary alicyclic amines) is 1. The minimum absolute atomic E-state index is 0.110. The molecule has 2 heterocycles. The van der Waals surface area contributed by atoms with Crippen LogP contribution in [0, 0.1) is 5.92 Å². The molecule has 1 aliphatic rings. The second-order valence-electron chi connectivity index (χ2n) is 5.01. The molecule has 1 amide bonds. The molecule has 0 saturated carbocycles. The molecular weight excluding hydrogens is 226 g/mol. The number of aromatic nitrogens is 1. The highest BCUT2D eigenvalue weighted by Crippen LogP contribution is 2.18. The summed E-state index contributed by atoms with van der Waals surface area (Å²) in [6.45, 7) is 4.00. The topological polar surface area (TPSA) is 45.2 Å². The van der Waals surface area contributed by atoms with Gasteiger partial charge in [0.25, 0.3) is 5.91 Å². The summed E-state index contributed by atoms with van der Waals surface area (Å²) in [6.07, 6.45) is 5.09. The van der Waals surface area contributed by atoms with Crippen LogP contribution >= 0.6 is 0 Å². The highest BCUT2D eigenvalue weighted by atomic mass is 16.2. The number of amides is 1. The molecule has 0 radical (unpaired) electrons. The van der Waals surface area contributed by atoms with Gasteiger partial charge < -0.3 is 10.2 Å². The Morgan fingerprint density at radius 2 is 2.22 bits per heavy atom.